The standard InChI is InChI=1S/C61H79Cl3O10Si/c1-60(2,3)75(5,6)74-61(4)30-29-53(66)55(73-58(61)24-16-32-69-41-49-50(63)34-47(62)35-51(49)64)28-27-52(65)54(67)37-57-59(71-40-44-25-26-45-21-13-14-22-46(45)33-44)56(70-39-43-19-11-8-12-20-43)36-48(72-57)23-15-31-68-38-42-17-9-7-10-18-42/h7-14,17-22,25-26,33-35,48,52-53,55-59,65-66H,15-16,23-24,27-32,36-41H2,1-6H3/t48-,52?,53-,55+,56+,57-,58-,59+,61+/m1/s1. The van der Waals surface area contributed by atoms with E-state index in [0.29, 0.717) is 85.6 Å². The van der Waals surface area contributed by atoms with Gasteiger partial charge in [0.05, 0.1) is 68.7 Å². The van der Waals surface area contributed by atoms with E-state index >= 15 is 0 Å². The zero-order valence-electron chi connectivity index (χ0n) is 44.7. The van der Waals surface area contributed by atoms with Crippen molar-refractivity contribution in [2.24, 2.45) is 0 Å². The number of ketones is 1. The van der Waals surface area contributed by atoms with E-state index in [9.17, 15) is 15.0 Å². The number of carbonyl (C=O) groups is 1. The molecule has 14 heteroatoms. The fraction of sp³-hybridized carbons (Fsp3) is 0.525. The maximum absolute atomic E-state index is 14.4. The Morgan fingerprint density at radius 3 is 2.03 bits per heavy atom. The van der Waals surface area contributed by atoms with Crippen LogP contribution in [0.25, 0.3) is 10.8 Å². The van der Waals surface area contributed by atoms with Crippen LogP contribution in [0.5, 0.6) is 0 Å². The average Bonchev–Trinajstić information content (AvgIpc) is 3.49. The van der Waals surface area contributed by atoms with Gasteiger partial charge in [-0.1, -0.05) is 153 Å². The minimum absolute atomic E-state index is 0.0664. The lowest BCUT2D eigenvalue weighted by Crippen LogP contribution is -2.54. The number of hydrogen-bond donors (Lipinski definition) is 2. The first-order valence-corrected chi connectivity index (χ1v) is 30.9. The smallest absolute Gasteiger partial charge is 0.192 e. The highest BCUT2D eigenvalue weighted by molar-refractivity contribution is 6.74. The highest BCUT2D eigenvalue weighted by atomic mass is 35.5. The van der Waals surface area contributed by atoms with Crippen molar-refractivity contribution in [3.8, 4) is 0 Å². The van der Waals surface area contributed by atoms with Crippen molar-refractivity contribution in [1.82, 2.24) is 0 Å². The molecule has 2 aliphatic heterocycles. The number of aliphatic hydroxyl groups is 2. The molecule has 1 unspecified atom stereocenters. The number of Topliss-reactive ketones (excluding diaryl/α,β-unsaturated/α-hetero) is 1. The SMILES string of the molecule is CC(C)(C)[Si](C)(C)O[C@@]1(C)CC[C@@H](O)[C@H](CCC(O)C(=O)C[C@H]2O[C@H](CCCOCc3ccccc3)C[C@H](OCc3ccccc3)[C@@H]2OCc2ccc3ccccc3c2)O[C@@H]1CCCOCc1c(Cl)cc(Cl)cc1Cl. The van der Waals surface area contributed by atoms with Crippen LogP contribution in [0.3, 0.4) is 0 Å². The first-order valence-electron chi connectivity index (χ1n) is 26.8. The molecule has 0 radical (unpaired) electrons. The number of ether oxygens (including phenoxy) is 6. The Bertz CT molecular complexity index is 2520. The third kappa shape index (κ3) is 17.4. The van der Waals surface area contributed by atoms with E-state index in [4.69, 9.17) is 67.7 Å². The Hall–Kier alpha value is -3.24. The highest BCUT2D eigenvalue weighted by Crippen LogP contribution is 2.44. The van der Waals surface area contributed by atoms with Crippen molar-refractivity contribution in [2.75, 3.05) is 13.2 Å². The van der Waals surface area contributed by atoms with E-state index in [1.54, 1.807) is 12.1 Å². The van der Waals surface area contributed by atoms with E-state index in [0.717, 1.165) is 33.9 Å². The molecule has 2 heterocycles. The van der Waals surface area contributed by atoms with Crippen LogP contribution in [0.1, 0.15) is 114 Å². The van der Waals surface area contributed by atoms with Gasteiger partial charge in [0.15, 0.2) is 14.1 Å². The Labute approximate surface area is 461 Å². The van der Waals surface area contributed by atoms with Crippen LogP contribution < -0.4 is 0 Å². The van der Waals surface area contributed by atoms with Crippen LogP contribution >= 0.6 is 34.8 Å². The molecular weight excluding hydrogens is 1030 g/mol. The van der Waals surface area contributed by atoms with E-state index < -0.39 is 56.6 Å². The van der Waals surface area contributed by atoms with Crippen molar-refractivity contribution >= 4 is 59.7 Å². The van der Waals surface area contributed by atoms with Gasteiger partial charge < -0.3 is 43.1 Å². The maximum Gasteiger partial charge on any atom is 0.192 e. The van der Waals surface area contributed by atoms with E-state index in [1.807, 2.05) is 60.7 Å². The molecule has 0 bridgehead atoms. The van der Waals surface area contributed by atoms with Gasteiger partial charge in [-0.2, -0.15) is 0 Å². The van der Waals surface area contributed by atoms with Gasteiger partial charge in [0.2, 0.25) is 0 Å². The summed E-state index contributed by atoms with van der Waals surface area (Å²) >= 11 is 19.0. The third-order valence-corrected chi connectivity index (χ3v) is 20.9. The fourth-order valence-electron chi connectivity index (χ4n) is 10.0. The molecule has 0 aromatic heterocycles. The Balaban J connectivity index is 1.04. The summed E-state index contributed by atoms with van der Waals surface area (Å²) in [6, 6.07) is 37.9. The summed E-state index contributed by atoms with van der Waals surface area (Å²) in [4.78, 5) is 14.4. The lowest BCUT2D eigenvalue weighted by Gasteiger charge is -2.47. The molecule has 0 amide bonds. The van der Waals surface area contributed by atoms with Gasteiger partial charge in [0, 0.05) is 46.7 Å². The van der Waals surface area contributed by atoms with Gasteiger partial charge in [-0.05, 0) is 122 Å². The maximum atomic E-state index is 14.4. The molecule has 0 spiro atoms. The Morgan fingerprint density at radius 1 is 0.733 bits per heavy atom. The van der Waals surface area contributed by atoms with Crippen LogP contribution in [0.15, 0.2) is 115 Å². The summed E-state index contributed by atoms with van der Waals surface area (Å²) in [5, 5.41) is 27.0. The molecule has 75 heavy (non-hydrogen) atoms. The van der Waals surface area contributed by atoms with Gasteiger partial charge >= 0.3 is 0 Å². The predicted molar refractivity (Wildman–Crippen MR) is 302 cm³/mol. The van der Waals surface area contributed by atoms with Gasteiger partial charge in [-0.15, -0.1) is 0 Å². The Morgan fingerprint density at radius 2 is 1.35 bits per heavy atom. The average molecular weight is 1110 g/mol. The van der Waals surface area contributed by atoms with Crippen LogP contribution in [-0.2, 0) is 64.1 Å². The van der Waals surface area contributed by atoms with Crippen molar-refractivity contribution in [1.29, 1.82) is 0 Å². The Kier molecular flexibility index (Phi) is 22.2. The van der Waals surface area contributed by atoms with Crippen LogP contribution in [-0.4, -0.2) is 92.0 Å². The van der Waals surface area contributed by atoms with Crippen LogP contribution in [0, 0.1) is 0 Å². The summed E-state index contributed by atoms with van der Waals surface area (Å²) in [5.74, 6) is -0.364. The molecule has 408 valence electrons. The molecule has 0 saturated carbocycles. The van der Waals surface area contributed by atoms with Crippen molar-refractivity contribution < 1.29 is 47.9 Å². The van der Waals surface area contributed by atoms with Crippen molar-refractivity contribution in [3.05, 3.63) is 153 Å². The molecule has 5 aromatic rings. The first-order chi connectivity index (χ1) is 35.9. The summed E-state index contributed by atoms with van der Waals surface area (Å²) < 4.78 is 46.7. The number of carbonyl (C=O) groups excluding carboxylic acids is 1. The molecular formula is C61H79Cl3O10Si. The molecule has 9 atom stereocenters. The van der Waals surface area contributed by atoms with Gasteiger partial charge in [0.1, 0.15) is 12.2 Å². The second kappa shape index (κ2) is 28.1. The van der Waals surface area contributed by atoms with Gasteiger partial charge in [-0.25, -0.2) is 0 Å². The summed E-state index contributed by atoms with van der Waals surface area (Å²) in [6.07, 6.45) is -0.683. The lowest BCUT2D eigenvalue weighted by molar-refractivity contribution is -0.211. The van der Waals surface area contributed by atoms with Gasteiger partial charge in [0.25, 0.3) is 0 Å². The highest BCUT2D eigenvalue weighted by Gasteiger charge is 2.49. The van der Waals surface area contributed by atoms with E-state index in [2.05, 4.69) is 83.3 Å². The van der Waals surface area contributed by atoms with Crippen molar-refractivity contribution in [3.63, 3.8) is 0 Å². The number of halogens is 3. The lowest BCUT2D eigenvalue weighted by atomic mass is 9.90. The summed E-state index contributed by atoms with van der Waals surface area (Å²) in [6.45, 7) is 15.6. The summed E-state index contributed by atoms with van der Waals surface area (Å²) in [5.41, 5.74) is 3.10. The zero-order valence-corrected chi connectivity index (χ0v) is 48.0. The van der Waals surface area contributed by atoms with Crippen LogP contribution in [0.4, 0.5) is 0 Å². The molecule has 2 N–H and O–H groups in total. The molecule has 2 aliphatic rings. The van der Waals surface area contributed by atoms with Crippen LogP contribution in [0.2, 0.25) is 33.2 Å². The van der Waals surface area contributed by atoms with E-state index in [-0.39, 0.29) is 49.4 Å². The number of aliphatic hydroxyl groups excluding tert-OH is 2. The summed E-state index contributed by atoms with van der Waals surface area (Å²) in [7, 11) is -2.32. The van der Waals surface area contributed by atoms with E-state index in [1.165, 1.54) is 0 Å². The van der Waals surface area contributed by atoms with Gasteiger partial charge in [-0.3, -0.25) is 4.79 Å². The monoisotopic (exact) mass is 1100 g/mol. The fourth-order valence-corrected chi connectivity index (χ4v) is 12.6. The second-order valence-electron chi connectivity index (χ2n) is 22.3. The first kappa shape index (κ1) is 59.4. The molecule has 7 rings (SSSR count). The number of benzene rings is 5. The minimum atomic E-state index is -2.32. The molecule has 2 fully saturated rings. The third-order valence-electron chi connectivity index (χ3n) is 15.4. The predicted octanol–water partition coefficient (Wildman–Crippen LogP) is 14.2. The topological polar surface area (TPSA) is 122 Å². The number of rotatable bonds is 26. The number of hydrogen-bond acceptors (Lipinski definition) is 10. The zero-order chi connectivity index (χ0) is 53.6. The second-order valence-corrected chi connectivity index (χ2v) is 28.2. The minimum Gasteiger partial charge on any atom is -0.409 e. The normalized spacial score (nSPS) is 24.0. The molecule has 5 aromatic carbocycles. The quantitative estimate of drug-likeness (QED) is 0.0409. The van der Waals surface area contributed by atoms with Crippen molar-refractivity contribution in [2.45, 2.75) is 191 Å². The molecule has 0 aliphatic carbocycles. The largest absolute Gasteiger partial charge is 0.409 e. The molecule has 2 saturated heterocycles. The number of fused-ring (bicyclic) bond motifs is 1. The molecule has 10 nitrogen and oxygen atoms in total.